The second-order valence-corrected chi connectivity index (χ2v) is 5.00. The number of tetrazole rings is 1. The third-order valence-electron chi connectivity index (χ3n) is 3.29. The van der Waals surface area contributed by atoms with Crippen LogP contribution < -0.4 is 0 Å². The van der Waals surface area contributed by atoms with E-state index in [1.54, 1.807) is 17.7 Å². The maximum Gasteiger partial charge on any atom is 0.334 e. The van der Waals surface area contributed by atoms with Crippen LogP contribution in [0, 0.1) is 0 Å². The fourth-order valence-corrected chi connectivity index (χ4v) is 2.58. The molecule has 0 bridgehead atoms. The molecule has 0 saturated heterocycles. The lowest BCUT2D eigenvalue weighted by Crippen LogP contribution is -2.23. The Hall–Kier alpha value is -2.21. The van der Waals surface area contributed by atoms with E-state index in [2.05, 4.69) is 15.5 Å². The Kier molecular flexibility index (Phi) is 3.70. The zero-order valence-electron chi connectivity index (χ0n) is 11.4. The molecule has 3 rings (SSSR count). The predicted molar refractivity (Wildman–Crippen MR) is 75.8 cm³/mol. The molecular weight excluding hydrogens is 292 g/mol. The van der Waals surface area contributed by atoms with Crippen molar-refractivity contribution in [2.75, 3.05) is 6.61 Å². The van der Waals surface area contributed by atoms with E-state index < -0.39 is 0 Å². The van der Waals surface area contributed by atoms with Gasteiger partial charge in [-0.05, 0) is 35.1 Å². The summed E-state index contributed by atoms with van der Waals surface area (Å²) >= 11 is 6.25. The molecule has 0 radical (unpaired) electrons. The highest BCUT2D eigenvalue weighted by molar-refractivity contribution is 6.31. The third-order valence-corrected chi connectivity index (χ3v) is 3.64. The Labute approximate surface area is 126 Å². The van der Waals surface area contributed by atoms with Crippen LogP contribution in [0.3, 0.4) is 0 Å². The lowest BCUT2D eigenvalue weighted by molar-refractivity contribution is -0.138. The summed E-state index contributed by atoms with van der Waals surface area (Å²) in [5.41, 5.74) is 1.39. The van der Waals surface area contributed by atoms with Gasteiger partial charge in [0.1, 0.15) is 6.04 Å². The number of halogens is 1. The van der Waals surface area contributed by atoms with Gasteiger partial charge in [-0.15, -0.1) is 5.10 Å². The molecule has 1 aromatic heterocycles. The van der Waals surface area contributed by atoms with Gasteiger partial charge in [-0.25, -0.2) is 9.48 Å². The minimum absolute atomic E-state index is 0.308. The molecule has 1 aliphatic heterocycles. The number of allylic oxidation sites excluding steroid dienone is 1. The maximum atomic E-state index is 12.0. The summed E-state index contributed by atoms with van der Waals surface area (Å²) in [6.45, 7) is 2.11. The Morgan fingerprint density at radius 1 is 1.48 bits per heavy atom. The number of hydrogen-bond acceptors (Lipinski definition) is 5. The number of benzene rings is 1. The number of carbonyl (C=O) groups is 1. The standard InChI is InChI=1S/C14H13ClN4O2/c1-2-21-14(20)9-7-12(10-5-3-4-6-11(10)15)19-13(8-9)16-17-18-19/h3-7,12H,2,8H2,1H3. The molecule has 0 aliphatic carbocycles. The van der Waals surface area contributed by atoms with Gasteiger partial charge < -0.3 is 4.74 Å². The molecule has 0 fully saturated rings. The summed E-state index contributed by atoms with van der Waals surface area (Å²) < 4.78 is 6.74. The minimum Gasteiger partial charge on any atom is -0.463 e. The van der Waals surface area contributed by atoms with Gasteiger partial charge in [0.2, 0.25) is 0 Å². The molecule has 21 heavy (non-hydrogen) atoms. The molecule has 6 nitrogen and oxygen atoms in total. The summed E-state index contributed by atoms with van der Waals surface area (Å²) in [5, 5.41) is 12.2. The Morgan fingerprint density at radius 2 is 2.29 bits per heavy atom. The molecule has 1 atom stereocenters. The first-order chi connectivity index (χ1) is 10.2. The van der Waals surface area contributed by atoms with Crippen molar-refractivity contribution in [1.29, 1.82) is 0 Å². The average molecular weight is 305 g/mol. The largest absolute Gasteiger partial charge is 0.463 e. The smallest absolute Gasteiger partial charge is 0.334 e. The Balaban J connectivity index is 2.05. The highest BCUT2D eigenvalue weighted by Gasteiger charge is 2.28. The van der Waals surface area contributed by atoms with Crippen LogP contribution in [0.2, 0.25) is 5.02 Å². The quantitative estimate of drug-likeness (QED) is 0.811. The monoisotopic (exact) mass is 304 g/mol. The van der Waals surface area contributed by atoms with Crippen LogP contribution in [0.5, 0.6) is 0 Å². The molecule has 1 aliphatic rings. The van der Waals surface area contributed by atoms with Crippen LogP contribution in [-0.2, 0) is 16.0 Å². The van der Waals surface area contributed by atoms with Gasteiger partial charge in [-0.1, -0.05) is 29.8 Å². The Morgan fingerprint density at radius 3 is 3.05 bits per heavy atom. The van der Waals surface area contributed by atoms with E-state index in [1.807, 2.05) is 24.3 Å². The molecular formula is C14H13ClN4O2. The zero-order valence-corrected chi connectivity index (χ0v) is 12.1. The number of esters is 1. The average Bonchev–Trinajstić information content (AvgIpc) is 2.95. The normalized spacial score (nSPS) is 17.0. The molecule has 0 saturated carbocycles. The fraction of sp³-hybridized carbons (Fsp3) is 0.286. The van der Waals surface area contributed by atoms with Gasteiger partial charge in [0.15, 0.2) is 5.82 Å². The topological polar surface area (TPSA) is 69.9 Å². The van der Waals surface area contributed by atoms with E-state index in [-0.39, 0.29) is 12.0 Å². The molecule has 1 aromatic carbocycles. The predicted octanol–water partition coefficient (Wildman–Crippen LogP) is 1.96. The first-order valence-corrected chi connectivity index (χ1v) is 6.97. The highest BCUT2D eigenvalue weighted by Crippen LogP contribution is 2.31. The minimum atomic E-state index is -0.344. The summed E-state index contributed by atoms with van der Waals surface area (Å²) in [5.74, 6) is 0.272. The van der Waals surface area contributed by atoms with Crippen molar-refractivity contribution < 1.29 is 9.53 Å². The first-order valence-electron chi connectivity index (χ1n) is 6.59. The van der Waals surface area contributed by atoms with Gasteiger partial charge in [-0.3, -0.25) is 0 Å². The molecule has 0 amide bonds. The first kappa shape index (κ1) is 13.8. The van der Waals surface area contributed by atoms with Crippen molar-refractivity contribution in [2.24, 2.45) is 0 Å². The molecule has 108 valence electrons. The number of fused-ring (bicyclic) bond motifs is 1. The van der Waals surface area contributed by atoms with Crippen LogP contribution >= 0.6 is 11.6 Å². The highest BCUT2D eigenvalue weighted by atomic mass is 35.5. The lowest BCUT2D eigenvalue weighted by atomic mass is 9.98. The molecule has 2 aromatic rings. The van der Waals surface area contributed by atoms with Gasteiger partial charge in [0, 0.05) is 17.0 Å². The molecule has 7 heteroatoms. The van der Waals surface area contributed by atoms with Crippen molar-refractivity contribution in [3.8, 4) is 0 Å². The van der Waals surface area contributed by atoms with Crippen LogP contribution in [0.4, 0.5) is 0 Å². The number of nitrogens with zero attached hydrogens (tertiary/aromatic N) is 4. The number of aromatic nitrogens is 4. The van der Waals surface area contributed by atoms with Crippen LogP contribution in [0.25, 0.3) is 0 Å². The zero-order chi connectivity index (χ0) is 14.8. The Bertz CT molecular complexity index is 711. The van der Waals surface area contributed by atoms with E-state index in [0.29, 0.717) is 29.4 Å². The second-order valence-electron chi connectivity index (χ2n) is 4.60. The lowest BCUT2D eigenvalue weighted by Gasteiger charge is -2.22. The summed E-state index contributed by atoms with van der Waals surface area (Å²) in [6, 6.07) is 7.12. The molecule has 0 N–H and O–H groups in total. The number of carbonyl (C=O) groups excluding carboxylic acids is 1. The van der Waals surface area contributed by atoms with Gasteiger partial charge in [0.05, 0.1) is 6.61 Å². The van der Waals surface area contributed by atoms with Crippen molar-refractivity contribution in [1.82, 2.24) is 20.2 Å². The van der Waals surface area contributed by atoms with E-state index >= 15 is 0 Å². The SMILES string of the molecule is CCOC(=O)C1=CC(c2ccccc2Cl)n2nnnc2C1. The fourth-order valence-electron chi connectivity index (χ4n) is 2.34. The molecule has 2 heterocycles. The van der Waals surface area contributed by atoms with Crippen molar-refractivity contribution in [3.63, 3.8) is 0 Å². The van der Waals surface area contributed by atoms with E-state index in [9.17, 15) is 4.79 Å². The van der Waals surface area contributed by atoms with Gasteiger partial charge in [0.25, 0.3) is 0 Å². The maximum absolute atomic E-state index is 12.0. The third kappa shape index (κ3) is 2.54. The van der Waals surface area contributed by atoms with Crippen LogP contribution in [0.15, 0.2) is 35.9 Å². The summed E-state index contributed by atoms with van der Waals surface area (Å²) in [4.78, 5) is 12.0. The van der Waals surface area contributed by atoms with Crippen molar-refractivity contribution in [3.05, 3.63) is 52.3 Å². The van der Waals surface area contributed by atoms with Crippen molar-refractivity contribution in [2.45, 2.75) is 19.4 Å². The van der Waals surface area contributed by atoms with Crippen molar-refractivity contribution >= 4 is 17.6 Å². The number of ether oxygens (including phenoxy) is 1. The summed E-state index contributed by atoms with van der Waals surface area (Å²) in [7, 11) is 0. The van der Waals surface area contributed by atoms with Gasteiger partial charge in [-0.2, -0.15) is 0 Å². The van der Waals surface area contributed by atoms with E-state index in [1.165, 1.54) is 0 Å². The van der Waals surface area contributed by atoms with E-state index in [4.69, 9.17) is 16.3 Å². The number of hydrogen-bond donors (Lipinski definition) is 0. The summed E-state index contributed by atoms with van der Waals surface area (Å²) in [6.07, 6.45) is 2.16. The molecule has 0 spiro atoms. The van der Waals surface area contributed by atoms with Crippen LogP contribution in [0.1, 0.15) is 24.4 Å². The van der Waals surface area contributed by atoms with E-state index in [0.717, 1.165) is 5.56 Å². The molecule has 1 unspecified atom stereocenters. The van der Waals surface area contributed by atoms with Gasteiger partial charge >= 0.3 is 5.97 Å². The number of rotatable bonds is 3. The second kappa shape index (κ2) is 5.65. The van der Waals surface area contributed by atoms with Crippen LogP contribution in [-0.4, -0.2) is 32.8 Å².